The molecule has 5 rings (SSSR count). The first-order valence-electron chi connectivity index (χ1n) is 13.0. The monoisotopic (exact) mass is 504 g/mol. The predicted octanol–water partition coefficient (Wildman–Crippen LogP) is 6.53. The summed E-state index contributed by atoms with van der Waals surface area (Å²) in [5, 5.41) is 3.94. The van der Waals surface area contributed by atoms with Crippen molar-refractivity contribution in [3.8, 4) is 11.5 Å². The van der Waals surface area contributed by atoms with Gasteiger partial charge in [-0.1, -0.05) is 72.8 Å². The summed E-state index contributed by atoms with van der Waals surface area (Å²) in [6, 6.07) is 34.6. The van der Waals surface area contributed by atoms with Gasteiger partial charge in [0.2, 0.25) is 5.91 Å². The summed E-state index contributed by atoms with van der Waals surface area (Å²) in [7, 11) is 0. The fourth-order valence-electron chi connectivity index (χ4n) is 4.56. The van der Waals surface area contributed by atoms with Crippen LogP contribution in [0, 0.1) is 0 Å². The van der Waals surface area contributed by atoms with Crippen LogP contribution in [-0.4, -0.2) is 17.0 Å². The molecule has 1 amide bonds. The number of nitrogens with zero attached hydrogens (tertiary/aromatic N) is 1. The average molecular weight is 505 g/mol. The van der Waals surface area contributed by atoms with E-state index in [2.05, 4.69) is 46.4 Å². The van der Waals surface area contributed by atoms with Gasteiger partial charge in [-0.15, -0.1) is 0 Å². The van der Waals surface area contributed by atoms with E-state index in [0.29, 0.717) is 32.7 Å². The number of ether oxygens (including phenoxy) is 2. The second-order valence-electron chi connectivity index (χ2n) is 9.29. The van der Waals surface area contributed by atoms with E-state index in [1.807, 2.05) is 79.7 Å². The van der Waals surface area contributed by atoms with E-state index in [4.69, 9.17) is 9.47 Å². The standard InChI is InChI=1S/C33H32N2O3/c1-2-34-33(36)19-28-22-35(21-27-14-9-15-29(18-27)37-23-25-10-5-3-6-11-25)32-17-16-30(20-31(28)32)38-24-26-12-7-4-8-13-26/h3-18,20,22H,2,19,21,23-24H2,1H3,(H,34,36). The third-order valence-corrected chi connectivity index (χ3v) is 6.41. The molecular formula is C33H32N2O3. The van der Waals surface area contributed by atoms with Crippen LogP contribution in [0.5, 0.6) is 11.5 Å². The van der Waals surface area contributed by atoms with Crippen molar-refractivity contribution in [2.75, 3.05) is 6.54 Å². The molecule has 5 aromatic rings. The van der Waals surface area contributed by atoms with Crippen molar-refractivity contribution < 1.29 is 14.3 Å². The van der Waals surface area contributed by atoms with E-state index in [0.717, 1.165) is 44.7 Å². The third kappa shape index (κ3) is 6.43. The van der Waals surface area contributed by atoms with Gasteiger partial charge in [0.05, 0.1) is 6.42 Å². The van der Waals surface area contributed by atoms with Crippen LogP contribution in [0.4, 0.5) is 0 Å². The number of benzene rings is 4. The van der Waals surface area contributed by atoms with Crippen LogP contribution in [0.25, 0.3) is 10.9 Å². The first kappa shape index (κ1) is 25.2. The van der Waals surface area contributed by atoms with Crippen LogP contribution in [-0.2, 0) is 31.0 Å². The molecule has 0 spiro atoms. The van der Waals surface area contributed by atoms with Gasteiger partial charge in [-0.2, -0.15) is 0 Å². The van der Waals surface area contributed by atoms with E-state index >= 15 is 0 Å². The molecule has 1 heterocycles. The van der Waals surface area contributed by atoms with Gasteiger partial charge < -0.3 is 19.4 Å². The molecule has 0 unspecified atom stereocenters. The lowest BCUT2D eigenvalue weighted by Gasteiger charge is -2.10. The second kappa shape index (κ2) is 12.2. The van der Waals surface area contributed by atoms with Crippen LogP contribution in [0.1, 0.15) is 29.2 Å². The molecule has 0 radical (unpaired) electrons. The summed E-state index contributed by atoms with van der Waals surface area (Å²) in [6.07, 6.45) is 2.40. The summed E-state index contributed by atoms with van der Waals surface area (Å²) in [5.74, 6) is 1.63. The maximum absolute atomic E-state index is 12.5. The Kier molecular flexibility index (Phi) is 8.04. The molecule has 0 atom stereocenters. The molecule has 0 saturated carbocycles. The number of nitrogens with one attached hydrogen (secondary N) is 1. The maximum atomic E-state index is 12.5. The lowest BCUT2D eigenvalue weighted by atomic mass is 10.1. The van der Waals surface area contributed by atoms with Gasteiger partial charge in [-0.3, -0.25) is 4.79 Å². The Hall–Kier alpha value is -4.51. The molecule has 192 valence electrons. The van der Waals surface area contributed by atoms with Crippen molar-refractivity contribution in [2.45, 2.75) is 33.1 Å². The highest BCUT2D eigenvalue weighted by atomic mass is 16.5. The number of hydrogen-bond acceptors (Lipinski definition) is 3. The largest absolute Gasteiger partial charge is 0.489 e. The Morgan fingerprint density at radius 2 is 1.37 bits per heavy atom. The van der Waals surface area contributed by atoms with Crippen molar-refractivity contribution in [3.05, 3.63) is 132 Å². The average Bonchev–Trinajstić information content (AvgIpc) is 3.28. The highest BCUT2D eigenvalue weighted by molar-refractivity contribution is 5.90. The fraction of sp³-hybridized carbons (Fsp3) is 0.182. The van der Waals surface area contributed by atoms with E-state index in [1.54, 1.807) is 0 Å². The Balaban J connectivity index is 1.37. The molecule has 0 bridgehead atoms. The van der Waals surface area contributed by atoms with E-state index in [-0.39, 0.29) is 5.91 Å². The van der Waals surface area contributed by atoms with Gasteiger partial charge in [-0.25, -0.2) is 0 Å². The van der Waals surface area contributed by atoms with E-state index in [9.17, 15) is 4.79 Å². The summed E-state index contributed by atoms with van der Waals surface area (Å²) in [6.45, 7) is 4.23. The molecule has 5 heteroatoms. The zero-order chi connectivity index (χ0) is 26.2. The van der Waals surface area contributed by atoms with E-state index in [1.165, 1.54) is 0 Å². The van der Waals surface area contributed by atoms with Crippen LogP contribution < -0.4 is 14.8 Å². The number of carbonyl (C=O) groups excluding carboxylic acids is 1. The van der Waals surface area contributed by atoms with Crippen LogP contribution in [0.2, 0.25) is 0 Å². The SMILES string of the molecule is CCNC(=O)Cc1cn(Cc2cccc(OCc3ccccc3)c2)c2ccc(OCc3ccccc3)cc12. The van der Waals surface area contributed by atoms with Gasteiger partial charge in [-0.05, 0) is 59.5 Å². The quantitative estimate of drug-likeness (QED) is 0.223. The van der Waals surface area contributed by atoms with Gasteiger partial charge >= 0.3 is 0 Å². The summed E-state index contributed by atoms with van der Waals surface area (Å²) in [4.78, 5) is 12.5. The minimum absolute atomic E-state index is 0.0125. The Morgan fingerprint density at radius 1 is 0.737 bits per heavy atom. The highest BCUT2D eigenvalue weighted by Gasteiger charge is 2.14. The topological polar surface area (TPSA) is 52.5 Å². The molecule has 4 aromatic carbocycles. The molecule has 0 aliphatic heterocycles. The molecule has 0 aliphatic carbocycles. The van der Waals surface area contributed by atoms with Crippen LogP contribution in [0.3, 0.4) is 0 Å². The van der Waals surface area contributed by atoms with Gasteiger partial charge in [0.25, 0.3) is 0 Å². The summed E-state index contributed by atoms with van der Waals surface area (Å²) >= 11 is 0. The third-order valence-electron chi connectivity index (χ3n) is 6.41. The normalized spacial score (nSPS) is 10.9. The Labute approximate surface area is 223 Å². The number of rotatable bonds is 11. The molecule has 1 aromatic heterocycles. The van der Waals surface area contributed by atoms with Crippen molar-refractivity contribution in [2.24, 2.45) is 0 Å². The minimum atomic E-state index is 0.0125. The predicted molar refractivity (Wildman–Crippen MR) is 151 cm³/mol. The first-order valence-corrected chi connectivity index (χ1v) is 13.0. The number of likely N-dealkylation sites (N-methyl/N-ethyl adjacent to an activating group) is 1. The number of aromatic nitrogens is 1. The second-order valence-corrected chi connectivity index (χ2v) is 9.29. The zero-order valence-electron chi connectivity index (χ0n) is 21.6. The molecule has 0 aliphatic rings. The molecule has 0 saturated heterocycles. The summed E-state index contributed by atoms with van der Waals surface area (Å²) < 4.78 is 14.3. The molecule has 0 fully saturated rings. The molecule has 5 nitrogen and oxygen atoms in total. The lowest BCUT2D eigenvalue weighted by Crippen LogP contribution is -2.24. The van der Waals surface area contributed by atoms with Gasteiger partial charge in [0, 0.05) is 30.2 Å². The number of hydrogen-bond donors (Lipinski definition) is 1. The van der Waals surface area contributed by atoms with Crippen molar-refractivity contribution in [3.63, 3.8) is 0 Å². The van der Waals surface area contributed by atoms with Crippen LogP contribution >= 0.6 is 0 Å². The van der Waals surface area contributed by atoms with Crippen LogP contribution in [0.15, 0.2) is 109 Å². The van der Waals surface area contributed by atoms with Crippen molar-refractivity contribution >= 4 is 16.8 Å². The van der Waals surface area contributed by atoms with Gasteiger partial charge in [0.1, 0.15) is 24.7 Å². The van der Waals surface area contributed by atoms with Gasteiger partial charge in [0.15, 0.2) is 0 Å². The lowest BCUT2D eigenvalue weighted by molar-refractivity contribution is -0.120. The smallest absolute Gasteiger partial charge is 0.224 e. The number of fused-ring (bicyclic) bond motifs is 1. The number of carbonyl (C=O) groups is 1. The highest BCUT2D eigenvalue weighted by Crippen LogP contribution is 2.28. The van der Waals surface area contributed by atoms with E-state index < -0.39 is 0 Å². The maximum Gasteiger partial charge on any atom is 0.224 e. The van der Waals surface area contributed by atoms with Crippen molar-refractivity contribution in [1.82, 2.24) is 9.88 Å². The number of amides is 1. The van der Waals surface area contributed by atoms with Crippen molar-refractivity contribution in [1.29, 1.82) is 0 Å². The summed E-state index contributed by atoms with van der Waals surface area (Å²) in [5.41, 5.74) is 5.41. The first-order chi connectivity index (χ1) is 18.7. The molecule has 38 heavy (non-hydrogen) atoms. The molecule has 1 N–H and O–H groups in total. The Bertz CT molecular complexity index is 1490. The Morgan fingerprint density at radius 3 is 2.03 bits per heavy atom. The fourth-order valence-corrected chi connectivity index (χ4v) is 4.56. The zero-order valence-corrected chi connectivity index (χ0v) is 21.6. The minimum Gasteiger partial charge on any atom is -0.489 e. The molecular weight excluding hydrogens is 472 g/mol.